The van der Waals surface area contributed by atoms with Gasteiger partial charge in [-0.3, -0.25) is 14.5 Å². The lowest BCUT2D eigenvalue weighted by molar-refractivity contribution is -0.123. The molecule has 1 aliphatic carbocycles. The Labute approximate surface area is 216 Å². The first-order valence-electron chi connectivity index (χ1n) is 13.4. The first kappa shape index (κ1) is 26.4. The highest BCUT2D eigenvalue weighted by molar-refractivity contribution is 5.94. The van der Waals surface area contributed by atoms with Crippen LogP contribution in [-0.4, -0.2) is 55.4 Å². The number of Topliss-reactive ketones (excluding diaryl/α,β-unsaturated/α-hetero) is 1. The number of aryl methyl sites for hydroxylation is 1. The Balaban J connectivity index is 1.29. The zero-order chi connectivity index (χ0) is 25.7. The van der Waals surface area contributed by atoms with Crippen molar-refractivity contribution < 1.29 is 14.3 Å². The normalized spacial score (nSPS) is 22.7. The number of hydrogen-bond acceptors (Lipinski definition) is 5. The van der Waals surface area contributed by atoms with Crippen LogP contribution in [-0.2, 0) is 22.6 Å². The quantitative estimate of drug-likeness (QED) is 0.588. The van der Waals surface area contributed by atoms with E-state index in [2.05, 4.69) is 42.3 Å². The molecule has 0 aromatic heterocycles. The summed E-state index contributed by atoms with van der Waals surface area (Å²) < 4.78 is 6.20. The number of nitrogens with zero attached hydrogens (tertiary/aromatic N) is 2. The SMILES string of the molecule is CC(=O)Cc1cccc(OC2CCC(C(=O)N(C)c3ccc(CN4CCN[C@@H](C)C4)c(C)c3)CC2)c1. The van der Waals surface area contributed by atoms with E-state index >= 15 is 0 Å². The molecule has 194 valence electrons. The molecule has 1 saturated carbocycles. The van der Waals surface area contributed by atoms with Crippen molar-refractivity contribution in [1.29, 1.82) is 0 Å². The Bertz CT molecular complexity index is 1060. The van der Waals surface area contributed by atoms with Gasteiger partial charge in [0.2, 0.25) is 5.91 Å². The van der Waals surface area contributed by atoms with Gasteiger partial charge in [0.25, 0.3) is 0 Å². The number of piperazine rings is 1. The average Bonchev–Trinajstić information content (AvgIpc) is 2.85. The van der Waals surface area contributed by atoms with Crippen molar-refractivity contribution in [1.82, 2.24) is 10.2 Å². The molecule has 1 aliphatic heterocycles. The van der Waals surface area contributed by atoms with Crippen molar-refractivity contribution in [3.05, 3.63) is 59.2 Å². The second-order valence-electron chi connectivity index (χ2n) is 10.7. The molecule has 2 fully saturated rings. The molecule has 4 rings (SSSR count). The monoisotopic (exact) mass is 491 g/mol. The molecule has 0 spiro atoms. The topological polar surface area (TPSA) is 61.9 Å². The van der Waals surface area contributed by atoms with Crippen LogP contribution in [0, 0.1) is 12.8 Å². The van der Waals surface area contributed by atoms with Gasteiger partial charge < -0.3 is 15.0 Å². The standard InChI is InChI=1S/C30H41N3O3/c1-21-16-27(11-8-26(21)20-33-15-14-31-22(2)19-33)32(4)30(35)25-9-12-28(13-10-25)36-29-7-5-6-24(18-29)17-23(3)34/h5-8,11,16,18,22,25,28,31H,9-10,12-15,17,19-20H2,1-4H3/t22-,25?,28?/m0/s1. The van der Waals surface area contributed by atoms with Crippen LogP contribution >= 0.6 is 0 Å². The number of amides is 1. The minimum atomic E-state index is 0.0289. The fourth-order valence-electron chi connectivity index (χ4n) is 5.50. The minimum absolute atomic E-state index is 0.0289. The highest BCUT2D eigenvalue weighted by Crippen LogP contribution is 2.31. The number of rotatable bonds is 8. The number of anilines is 1. The maximum absolute atomic E-state index is 13.3. The number of ketones is 1. The number of benzene rings is 2. The zero-order valence-corrected chi connectivity index (χ0v) is 22.3. The van der Waals surface area contributed by atoms with Crippen LogP contribution in [0.25, 0.3) is 0 Å². The van der Waals surface area contributed by atoms with Crippen molar-refractivity contribution in [3.63, 3.8) is 0 Å². The number of nitrogens with one attached hydrogen (secondary N) is 1. The molecule has 1 saturated heterocycles. The van der Waals surface area contributed by atoms with E-state index in [1.165, 1.54) is 11.1 Å². The van der Waals surface area contributed by atoms with Crippen LogP contribution in [0.15, 0.2) is 42.5 Å². The fourth-order valence-corrected chi connectivity index (χ4v) is 5.50. The maximum Gasteiger partial charge on any atom is 0.229 e. The predicted octanol–water partition coefficient (Wildman–Crippen LogP) is 4.52. The smallest absolute Gasteiger partial charge is 0.229 e. The van der Waals surface area contributed by atoms with Gasteiger partial charge >= 0.3 is 0 Å². The lowest BCUT2D eigenvalue weighted by Crippen LogP contribution is -2.48. The lowest BCUT2D eigenvalue weighted by Gasteiger charge is -2.32. The van der Waals surface area contributed by atoms with Crippen LogP contribution in [0.4, 0.5) is 5.69 Å². The minimum Gasteiger partial charge on any atom is -0.490 e. The first-order valence-corrected chi connectivity index (χ1v) is 13.4. The largest absolute Gasteiger partial charge is 0.490 e. The summed E-state index contributed by atoms with van der Waals surface area (Å²) >= 11 is 0. The van der Waals surface area contributed by atoms with Gasteiger partial charge in [-0.2, -0.15) is 0 Å². The van der Waals surface area contributed by atoms with E-state index in [-0.39, 0.29) is 23.7 Å². The number of hydrogen-bond donors (Lipinski definition) is 1. The molecule has 2 aromatic rings. The van der Waals surface area contributed by atoms with Crippen molar-refractivity contribution in [2.24, 2.45) is 5.92 Å². The average molecular weight is 492 g/mol. The van der Waals surface area contributed by atoms with E-state index in [4.69, 9.17) is 4.74 Å². The van der Waals surface area contributed by atoms with Crippen LogP contribution < -0.4 is 15.0 Å². The van der Waals surface area contributed by atoms with Gasteiger partial charge in [0.05, 0.1) is 6.10 Å². The number of carbonyl (C=O) groups is 2. The highest BCUT2D eigenvalue weighted by atomic mass is 16.5. The van der Waals surface area contributed by atoms with E-state index in [0.29, 0.717) is 12.5 Å². The molecule has 0 radical (unpaired) electrons. The molecule has 6 heteroatoms. The van der Waals surface area contributed by atoms with Crippen molar-refractivity contribution in [2.45, 2.75) is 71.6 Å². The molecule has 0 unspecified atom stereocenters. The summed E-state index contributed by atoms with van der Waals surface area (Å²) in [4.78, 5) is 29.0. The third kappa shape index (κ3) is 6.95. The van der Waals surface area contributed by atoms with Crippen LogP contribution in [0.2, 0.25) is 0 Å². The maximum atomic E-state index is 13.3. The summed E-state index contributed by atoms with van der Waals surface area (Å²) in [5.74, 6) is 1.18. The van der Waals surface area contributed by atoms with E-state index in [1.807, 2.05) is 36.2 Å². The summed E-state index contributed by atoms with van der Waals surface area (Å²) in [6.45, 7) is 10.1. The Kier molecular flexibility index (Phi) is 8.81. The van der Waals surface area contributed by atoms with Gasteiger partial charge in [0.1, 0.15) is 11.5 Å². The van der Waals surface area contributed by atoms with Crippen molar-refractivity contribution >= 4 is 17.4 Å². The molecule has 1 atom stereocenters. The van der Waals surface area contributed by atoms with E-state index in [1.54, 1.807) is 6.92 Å². The van der Waals surface area contributed by atoms with Crippen LogP contribution in [0.1, 0.15) is 56.2 Å². The number of carbonyl (C=O) groups excluding carboxylic acids is 2. The van der Waals surface area contributed by atoms with Crippen LogP contribution in [0.5, 0.6) is 5.75 Å². The molecule has 2 aromatic carbocycles. The zero-order valence-electron chi connectivity index (χ0n) is 22.3. The third-order valence-electron chi connectivity index (χ3n) is 7.57. The highest BCUT2D eigenvalue weighted by Gasteiger charge is 2.30. The molecular weight excluding hydrogens is 450 g/mol. The molecule has 1 amide bonds. The Morgan fingerprint density at radius 3 is 2.58 bits per heavy atom. The van der Waals surface area contributed by atoms with Gasteiger partial charge in [-0.1, -0.05) is 18.2 Å². The summed E-state index contributed by atoms with van der Waals surface area (Å²) in [5, 5.41) is 3.50. The number of ether oxygens (including phenoxy) is 1. The van der Waals surface area contributed by atoms with Crippen LogP contribution in [0.3, 0.4) is 0 Å². The van der Waals surface area contributed by atoms with Gasteiger partial charge in [0, 0.05) is 57.3 Å². The molecular formula is C30H41N3O3. The summed E-state index contributed by atoms with van der Waals surface area (Å²) in [7, 11) is 1.90. The molecule has 1 N–H and O–H groups in total. The van der Waals surface area contributed by atoms with Gasteiger partial charge in [-0.05, 0) is 87.4 Å². The van der Waals surface area contributed by atoms with Gasteiger partial charge in [-0.15, -0.1) is 0 Å². The van der Waals surface area contributed by atoms with E-state index in [0.717, 1.165) is 68.9 Å². The second kappa shape index (κ2) is 12.0. The predicted molar refractivity (Wildman–Crippen MR) is 145 cm³/mol. The summed E-state index contributed by atoms with van der Waals surface area (Å²) in [6.07, 6.45) is 3.93. The second-order valence-corrected chi connectivity index (χ2v) is 10.7. The first-order chi connectivity index (χ1) is 17.3. The Morgan fingerprint density at radius 1 is 1.11 bits per heavy atom. The van der Waals surface area contributed by atoms with Gasteiger partial charge in [-0.25, -0.2) is 0 Å². The molecule has 2 aliphatic rings. The summed E-state index contributed by atoms with van der Waals surface area (Å²) in [5.41, 5.74) is 4.52. The van der Waals surface area contributed by atoms with Crippen molar-refractivity contribution in [2.75, 3.05) is 31.6 Å². The fraction of sp³-hybridized carbons (Fsp3) is 0.533. The third-order valence-corrected chi connectivity index (χ3v) is 7.57. The van der Waals surface area contributed by atoms with Crippen molar-refractivity contribution in [3.8, 4) is 5.75 Å². The van der Waals surface area contributed by atoms with E-state index < -0.39 is 0 Å². The van der Waals surface area contributed by atoms with Gasteiger partial charge in [0.15, 0.2) is 0 Å². The Hall–Kier alpha value is -2.70. The summed E-state index contributed by atoms with van der Waals surface area (Å²) in [6, 6.07) is 14.8. The lowest BCUT2D eigenvalue weighted by atomic mass is 9.86. The molecule has 6 nitrogen and oxygen atoms in total. The van der Waals surface area contributed by atoms with E-state index in [9.17, 15) is 9.59 Å². The molecule has 0 bridgehead atoms. The molecule has 1 heterocycles. The Morgan fingerprint density at radius 2 is 1.89 bits per heavy atom. The molecule has 36 heavy (non-hydrogen) atoms.